The van der Waals surface area contributed by atoms with E-state index < -0.39 is 0 Å². The van der Waals surface area contributed by atoms with Crippen LogP contribution in [-0.4, -0.2) is 31.6 Å². The number of nitrogens with one attached hydrogen (secondary N) is 1. The fourth-order valence-electron chi connectivity index (χ4n) is 2.92. The molecule has 0 saturated carbocycles. The van der Waals surface area contributed by atoms with Crippen LogP contribution in [0.15, 0.2) is 65.8 Å². The van der Waals surface area contributed by atoms with Gasteiger partial charge in [-0.25, -0.2) is 4.68 Å². The Morgan fingerprint density at radius 2 is 1.86 bits per heavy atom. The minimum absolute atomic E-state index is 0.101. The van der Waals surface area contributed by atoms with Crippen LogP contribution in [-0.2, 0) is 11.3 Å². The van der Waals surface area contributed by atoms with E-state index in [9.17, 15) is 4.79 Å². The van der Waals surface area contributed by atoms with Gasteiger partial charge in [-0.3, -0.25) is 4.79 Å². The summed E-state index contributed by atoms with van der Waals surface area (Å²) in [5.41, 5.74) is 3.47. The molecule has 4 rings (SSSR count). The first kappa shape index (κ1) is 19.4. The molecule has 1 amide bonds. The Hall–Kier alpha value is -2.90. The molecule has 146 valence electrons. The third-order valence-electron chi connectivity index (χ3n) is 4.43. The molecule has 2 aromatic carbocycles. The molecule has 0 saturated heterocycles. The number of halogens is 1. The molecule has 0 aliphatic heterocycles. The van der Waals surface area contributed by atoms with Crippen molar-refractivity contribution < 1.29 is 4.79 Å². The summed E-state index contributed by atoms with van der Waals surface area (Å²) in [6.07, 6.45) is 1.79. The van der Waals surface area contributed by atoms with Gasteiger partial charge in [0.15, 0.2) is 0 Å². The average molecular weight is 424 g/mol. The smallest absolute Gasteiger partial charge is 0.230 e. The standard InChI is InChI=1S/C21H18ClN5OS/c1-14-17-12-24-27(16-8-3-2-4-9-16)20(17)21(26-25-14)29-13-19(28)23-11-15-7-5-6-10-18(15)22/h2-10,12H,11,13H2,1H3,(H,23,28). The molecule has 0 fully saturated rings. The molecular weight excluding hydrogens is 406 g/mol. The molecule has 0 bridgehead atoms. The lowest BCUT2D eigenvalue weighted by molar-refractivity contribution is -0.118. The van der Waals surface area contributed by atoms with Crippen molar-refractivity contribution in [2.24, 2.45) is 0 Å². The molecule has 0 spiro atoms. The van der Waals surface area contributed by atoms with Gasteiger partial charge in [-0.1, -0.05) is 59.8 Å². The summed E-state index contributed by atoms with van der Waals surface area (Å²) in [4.78, 5) is 12.4. The molecule has 29 heavy (non-hydrogen) atoms. The van der Waals surface area contributed by atoms with Crippen molar-refractivity contribution in [3.05, 3.63) is 77.1 Å². The minimum Gasteiger partial charge on any atom is -0.351 e. The van der Waals surface area contributed by atoms with Crippen molar-refractivity contribution in [1.29, 1.82) is 0 Å². The number of amides is 1. The maximum Gasteiger partial charge on any atom is 0.230 e. The van der Waals surface area contributed by atoms with Gasteiger partial charge >= 0.3 is 0 Å². The number of rotatable bonds is 6. The molecule has 0 radical (unpaired) electrons. The summed E-state index contributed by atoms with van der Waals surface area (Å²) in [7, 11) is 0. The number of carbonyl (C=O) groups is 1. The van der Waals surface area contributed by atoms with Crippen molar-refractivity contribution in [2.45, 2.75) is 18.5 Å². The maximum atomic E-state index is 12.4. The molecule has 6 nitrogen and oxygen atoms in total. The van der Waals surface area contributed by atoms with Crippen LogP contribution in [0, 0.1) is 6.92 Å². The Labute approximate surface area is 177 Å². The number of carbonyl (C=O) groups excluding carboxylic acids is 1. The lowest BCUT2D eigenvalue weighted by atomic mass is 10.2. The third-order valence-corrected chi connectivity index (χ3v) is 5.75. The number of hydrogen-bond donors (Lipinski definition) is 1. The second kappa shape index (κ2) is 8.63. The lowest BCUT2D eigenvalue weighted by Gasteiger charge is -2.09. The summed E-state index contributed by atoms with van der Waals surface area (Å²) in [6, 6.07) is 17.3. The van der Waals surface area contributed by atoms with Gasteiger partial charge in [0.05, 0.1) is 23.3 Å². The molecule has 2 heterocycles. The molecule has 0 atom stereocenters. The Kier molecular flexibility index (Phi) is 5.78. The number of hydrogen-bond acceptors (Lipinski definition) is 5. The molecular formula is C21H18ClN5OS. The van der Waals surface area contributed by atoms with Gasteiger partial charge in [0.25, 0.3) is 0 Å². The van der Waals surface area contributed by atoms with Gasteiger partial charge in [-0.05, 0) is 30.7 Å². The van der Waals surface area contributed by atoms with Crippen LogP contribution in [0.25, 0.3) is 16.6 Å². The van der Waals surface area contributed by atoms with Gasteiger partial charge < -0.3 is 5.32 Å². The summed E-state index contributed by atoms with van der Waals surface area (Å²) < 4.78 is 1.83. The Morgan fingerprint density at radius 3 is 2.66 bits per heavy atom. The largest absolute Gasteiger partial charge is 0.351 e. The van der Waals surface area contributed by atoms with Crippen molar-refractivity contribution in [3.8, 4) is 5.69 Å². The van der Waals surface area contributed by atoms with E-state index in [0.29, 0.717) is 16.6 Å². The van der Waals surface area contributed by atoms with E-state index in [2.05, 4.69) is 20.6 Å². The molecule has 8 heteroatoms. The zero-order chi connectivity index (χ0) is 20.2. The predicted octanol–water partition coefficient (Wildman–Crippen LogP) is 4.19. The van der Waals surface area contributed by atoms with E-state index in [0.717, 1.165) is 27.8 Å². The Bertz CT molecular complexity index is 1160. The normalized spacial score (nSPS) is 11.0. The fourth-order valence-corrected chi connectivity index (χ4v) is 3.93. The molecule has 0 aliphatic rings. The van der Waals surface area contributed by atoms with Gasteiger partial charge in [0.2, 0.25) is 5.91 Å². The highest BCUT2D eigenvalue weighted by Gasteiger charge is 2.16. The van der Waals surface area contributed by atoms with Gasteiger partial charge in [0, 0.05) is 17.0 Å². The quantitative estimate of drug-likeness (QED) is 0.471. The molecule has 0 unspecified atom stereocenters. The van der Waals surface area contributed by atoms with Gasteiger partial charge in [0.1, 0.15) is 10.5 Å². The van der Waals surface area contributed by atoms with E-state index >= 15 is 0 Å². The molecule has 0 aliphatic carbocycles. The number of para-hydroxylation sites is 1. The van der Waals surface area contributed by atoms with E-state index in [4.69, 9.17) is 11.6 Å². The van der Waals surface area contributed by atoms with Crippen LogP contribution in [0.1, 0.15) is 11.3 Å². The zero-order valence-electron chi connectivity index (χ0n) is 15.7. The monoisotopic (exact) mass is 423 g/mol. The van der Waals surface area contributed by atoms with Crippen molar-refractivity contribution in [1.82, 2.24) is 25.3 Å². The van der Waals surface area contributed by atoms with Crippen molar-refractivity contribution in [3.63, 3.8) is 0 Å². The summed E-state index contributed by atoms with van der Waals surface area (Å²) in [5.74, 6) is 0.119. The Balaban J connectivity index is 1.52. The van der Waals surface area contributed by atoms with E-state index in [1.54, 1.807) is 12.3 Å². The van der Waals surface area contributed by atoms with E-state index in [1.807, 2.05) is 60.1 Å². The summed E-state index contributed by atoms with van der Waals surface area (Å²) in [5, 5.41) is 18.2. The second-order valence-corrected chi connectivity index (χ2v) is 7.77. The van der Waals surface area contributed by atoms with E-state index in [-0.39, 0.29) is 11.7 Å². The van der Waals surface area contributed by atoms with Gasteiger partial charge in [-0.2, -0.15) is 10.2 Å². The summed E-state index contributed by atoms with van der Waals surface area (Å²) in [6.45, 7) is 2.28. The van der Waals surface area contributed by atoms with E-state index in [1.165, 1.54) is 11.8 Å². The lowest BCUT2D eigenvalue weighted by Crippen LogP contribution is -2.24. The maximum absolute atomic E-state index is 12.4. The Morgan fingerprint density at radius 1 is 1.10 bits per heavy atom. The highest BCUT2D eigenvalue weighted by atomic mass is 35.5. The van der Waals surface area contributed by atoms with Crippen LogP contribution in [0.2, 0.25) is 5.02 Å². The highest BCUT2D eigenvalue weighted by Crippen LogP contribution is 2.28. The van der Waals surface area contributed by atoms with Crippen LogP contribution in [0.3, 0.4) is 0 Å². The predicted molar refractivity (Wildman–Crippen MR) is 115 cm³/mol. The number of benzene rings is 2. The first-order valence-electron chi connectivity index (χ1n) is 9.03. The van der Waals surface area contributed by atoms with Crippen LogP contribution < -0.4 is 5.32 Å². The van der Waals surface area contributed by atoms with Crippen molar-refractivity contribution in [2.75, 3.05) is 5.75 Å². The molecule has 2 aromatic heterocycles. The number of nitrogens with zero attached hydrogens (tertiary/aromatic N) is 4. The van der Waals surface area contributed by atoms with Crippen LogP contribution >= 0.6 is 23.4 Å². The SMILES string of the molecule is Cc1nnc(SCC(=O)NCc2ccccc2Cl)c2c1cnn2-c1ccccc1. The number of fused-ring (bicyclic) bond motifs is 1. The third kappa shape index (κ3) is 4.26. The minimum atomic E-state index is -0.101. The molecule has 4 aromatic rings. The van der Waals surface area contributed by atoms with Crippen molar-refractivity contribution >= 4 is 40.2 Å². The fraction of sp³-hybridized carbons (Fsp3) is 0.143. The second-order valence-electron chi connectivity index (χ2n) is 6.40. The van der Waals surface area contributed by atoms with Crippen LogP contribution in [0.5, 0.6) is 0 Å². The first-order valence-corrected chi connectivity index (χ1v) is 10.4. The topological polar surface area (TPSA) is 72.7 Å². The van der Waals surface area contributed by atoms with Crippen LogP contribution in [0.4, 0.5) is 0 Å². The first-order chi connectivity index (χ1) is 14.1. The molecule has 1 N–H and O–H groups in total. The van der Waals surface area contributed by atoms with Gasteiger partial charge in [-0.15, -0.1) is 5.10 Å². The number of aromatic nitrogens is 4. The highest BCUT2D eigenvalue weighted by molar-refractivity contribution is 8.00. The zero-order valence-corrected chi connectivity index (χ0v) is 17.2. The number of aryl methyl sites for hydroxylation is 1. The average Bonchev–Trinajstić information content (AvgIpc) is 3.20. The summed E-state index contributed by atoms with van der Waals surface area (Å²) >= 11 is 7.48. The number of thioether (sulfide) groups is 1.